The van der Waals surface area contributed by atoms with Crippen LogP contribution in [0.3, 0.4) is 0 Å². The molecule has 0 atom stereocenters. The van der Waals surface area contributed by atoms with Crippen LogP contribution in [0.4, 0.5) is 0 Å². The van der Waals surface area contributed by atoms with Crippen molar-refractivity contribution in [2.24, 2.45) is 0 Å². The molecule has 5 heteroatoms. The number of hydrogen-bond donors (Lipinski definition) is 0. The van der Waals surface area contributed by atoms with Crippen LogP contribution in [0.25, 0.3) is 44.8 Å². The second-order valence-electron chi connectivity index (χ2n) is 6.62. The molecular weight excluding hydrogens is 366 g/mol. The maximum absolute atomic E-state index is 6.00. The number of pyridine rings is 1. The summed E-state index contributed by atoms with van der Waals surface area (Å²) in [6.45, 7) is 1.95. The summed E-state index contributed by atoms with van der Waals surface area (Å²) in [5, 5.41) is 0. The maximum atomic E-state index is 6.00. The maximum Gasteiger partial charge on any atom is 0.219 e. The van der Waals surface area contributed by atoms with Gasteiger partial charge in [-0.15, -0.1) is 0 Å². The van der Waals surface area contributed by atoms with E-state index in [4.69, 9.17) is 17.7 Å². The molecule has 5 nitrogen and oxygen atoms in total. The minimum atomic E-state index is 0.481. The third-order valence-electron chi connectivity index (χ3n) is 4.39. The van der Waals surface area contributed by atoms with E-state index in [1.807, 2.05) is 85.8 Å². The molecule has 0 aliphatic rings. The molecule has 0 amide bonds. The molecular formula is C24H17NO4. The van der Waals surface area contributed by atoms with Crippen molar-refractivity contribution in [2.75, 3.05) is 0 Å². The van der Waals surface area contributed by atoms with Crippen LogP contribution in [0.2, 0.25) is 0 Å². The Morgan fingerprint density at radius 1 is 0.552 bits per heavy atom. The van der Waals surface area contributed by atoms with E-state index in [0.717, 1.165) is 5.56 Å². The van der Waals surface area contributed by atoms with Crippen LogP contribution in [-0.2, 0) is 0 Å². The van der Waals surface area contributed by atoms with Gasteiger partial charge in [0.15, 0.2) is 0 Å². The van der Waals surface area contributed by atoms with Crippen LogP contribution in [0, 0.1) is 6.92 Å². The first-order valence-electron chi connectivity index (χ1n) is 9.19. The fourth-order valence-electron chi connectivity index (χ4n) is 2.98. The van der Waals surface area contributed by atoms with Crippen molar-refractivity contribution in [2.45, 2.75) is 6.92 Å². The van der Waals surface area contributed by atoms with Crippen LogP contribution in [0.5, 0.6) is 0 Å². The van der Waals surface area contributed by atoms with Gasteiger partial charge in [0, 0.05) is 18.2 Å². The lowest BCUT2D eigenvalue weighted by atomic mass is 10.3. The lowest BCUT2D eigenvalue weighted by molar-refractivity contribution is 0.621. The predicted molar refractivity (Wildman–Crippen MR) is 112 cm³/mol. The first-order chi connectivity index (χ1) is 14.2. The molecule has 8 bridgehead atoms. The number of aromatic nitrogens is 1. The molecule has 0 aliphatic carbocycles. The van der Waals surface area contributed by atoms with Gasteiger partial charge in [-0.1, -0.05) is 12.1 Å². The van der Waals surface area contributed by atoms with Gasteiger partial charge in [0.25, 0.3) is 0 Å². The lowest BCUT2D eigenvalue weighted by Crippen LogP contribution is -1.79. The topological polar surface area (TPSA) is 65.5 Å². The Bertz CT molecular complexity index is 1460. The highest BCUT2D eigenvalue weighted by Crippen LogP contribution is 2.17. The summed E-state index contributed by atoms with van der Waals surface area (Å²) >= 11 is 0. The second-order valence-corrected chi connectivity index (χ2v) is 6.62. The summed E-state index contributed by atoms with van der Waals surface area (Å²) in [4.78, 5) is 4.36. The van der Waals surface area contributed by atoms with Crippen LogP contribution < -0.4 is 0 Å². The zero-order valence-corrected chi connectivity index (χ0v) is 15.7. The van der Waals surface area contributed by atoms with Crippen molar-refractivity contribution in [3.05, 3.63) is 90.6 Å². The zero-order chi connectivity index (χ0) is 19.6. The highest BCUT2D eigenvalue weighted by atomic mass is 16.4. The van der Waals surface area contributed by atoms with E-state index in [1.54, 1.807) is 6.20 Å². The molecule has 29 heavy (non-hydrogen) atoms. The van der Waals surface area contributed by atoms with E-state index in [1.165, 1.54) is 0 Å². The number of benzene rings is 3. The molecule has 8 aromatic rings. The highest BCUT2D eigenvalue weighted by molar-refractivity contribution is 5.63. The molecule has 0 fully saturated rings. The molecule has 0 aliphatic heterocycles. The first kappa shape index (κ1) is 17.1. The van der Waals surface area contributed by atoms with Gasteiger partial charge in [-0.05, 0) is 61.0 Å². The number of aryl methyl sites for hydroxylation is 1. The van der Waals surface area contributed by atoms with Gasteiger partial charge in [-0.3, -0.25) is 0 Å². The minimum Gasteiger partial charge on any atom is -0.457 e. The molecule has 0 unspecified atom stereocenters. The van der Waals surface area contributed by atoms with Crippen LogP contribution in [-0.4, -0.2) is 4.98 Å². The van der Waals surface area contributed by atoms with E-state index in [0.29, 0.717) is 44.8 Å². The van der Waals surface area contributed by atoms with E-state index in [-0.39, 0.29) is 0 Å². The molecule has 8 rings (SSSR count). The van der Waals surface area contributed by atoms with Crippen molar-refractivity contribution < 1.29 is 17.7 Å². The summed E-state index contributed by atoms with van der Waals surface area (Å²) in [5.41, 5.74) is 6.08. The van der Waals surface area contributed by atoms with Crippen molar-refractivity contribution in [3.8, 4) is 0 Å². The lowest BCUT2D eigenvalue weighted by Gasteiger charge is -1.98. The monoisotopic (exact) mass is 383 g/mol. The van der Waals surface area contributed by atoms with Gasteiger partial charge < -0.3 is 17.7 Å². The summed E-state index contributed by atoms with van der Waals surface area (Å²) in [7, 11) is 0. The standard InChI is InChI=1S/C24H17NO4/c1-16-12-24-25-15-23(16)28-21-6-2-4-19(13-21)26-17-8-10-18(11-9-17)27-20-5-3-7-22(14-20)29-24/h2-15H,1H3. The van der Waals surface area contributed by atoms with Crippen molar-refractivity contribution in [1.29, 1.82) is 0 Å². The van der Waals surface area contributed by atoms with Gasteiger partial charge in [0.05, 0.1) is 6.20 Å². The number of nitrogens with zero attached hydrogens (tertiary/aromatic N) is 1. The Morgan fingerprint density at radius 2 is 1.07 bits per heavy atom. The average molecular weight is 383 g/mol. The van der Waals surface area contributed by atoms with Crippen LogP contribution in [0.1, 0.15) is 5.56 Å². The van der Waals surface area contributed by atoms with E-state index < -0.39 is 0 Å². The van der Waals surface area contributed by atoms with Gasteiger partial charge >= 0.3 is 0 Å². The highest BCUT2D eigenvalue weighted by Gasteiger charge is 1.98. The first-order valence-corrected chi connectivity index (χ1v) is 9.19. The minimum absolute atomic E-state index is 0.481. The summed E-state index contributed by atoms with van der Waals surface area (Å²) < 4.78 is 23.8. The van der Waals surface area contributed by atoms with Gasteiger partial charge in [-0.25, -0.2) is 4.98 Å². The van der Waals surface area contributed by atoms with Crippen molar-refractivity contribution in [3.63, 3.8) is 0 Å². The smallest absolute Gasteiger partial charge is 0.219 e. The Hall–Kier alpha value is -3.99. The van der Waals surface area contributed by atoms with Crippen LogP contribution >= 0.6 is 0 Å². The van der Waals surface area contributed by atoms with Gasteiger partial charge in [0.1, 0.15) is 39.1 Å². The normalized spacial score (nSPS) is 10.9. The third kappa shape index (κ3) is 3.84. The molecule has 0 N–H and O–H groups in total. The largest absolute Gasteiger partial charge is 0.457 e. The summed E-state index contributed by atoms with van der Waals surface area (Å²) in [5.74, 6) is 0. The predicted octanol–water partition coefficient (Wildman–Crippen LogP) is 7.19. The summed E-state index contributed by atoms with van der Waals surface area (Å²) in [6.07, 6.45) is 1.65. The Labute approximate surface area is 165 Å². The second kappa shape index (κ2) is 7.20. The molecule has 0 saturated carbocycles. The van der Waals surface area contributed by atoms with E-state index in [2.05, 4.69) is 4.98 Å². The molecule has 5 heterocycles. The molecule has 0 saturated heterocycles. The zero-order valence-electron chi connectivity index (χ0n) is 15.7. The average Bonchev–Trinajstić information content (AvgIpc) is 2.72. The fourth-order valence-corrected chi connectivity index (χ4v) is 2.98. The summed E-state index contributed by atoms with van der Waals surface area (Å²) in [6, 6.07) is 24.2. The molecule has 3 aromatic carbocycles. The van der Waals surface area contributed by atoms with Crippen molar-refractivity contribution >= 4 is 44.8 Å². The van der Waals surface area contributed by atoms with Gasteiger partial charge in [0.2, 0.25) is 5.71 Å². The Kier molecular flexibility index (Phi) is 4.26. The number of rotatable bonds is 0. The fraction of sp³-hybridized carbons (Fsp3) is 0.0417. The molecule has 0 radical (unpaired) electrons. The molecule has 0 spiro atoms. The molecule has 5 aromatic heterocycles. The Balaban J connectivity index is 1.90. The third-order valence-corrected chi connectivity index (χ3v) is 4.39. The van der Waals surface area contributed by atoms with Gasteiger partial charge in [-0.2, -0.15) is 0 Å². The quantitative estimate of drug-likeness (QED) is 0.283. The number of hydrogen-bond acceptors (Lipinski definition) is 5. The molecule has 142 valence electrons. The SMILES string of the molecule is Cc1cc2ncc1oc1cccc(c1)oc1ccc(cc1)oc1cccc(c1)o2. The Morgan fingerprint density at radius 3 is 1.62 bits per heavy atom. The van der Waals surface area contributed by atoms with Crippen molar-refractivity contribution in [1.82, 2.24) is 4.98 Å². The van der Waals surface area contributed by atoms with Crippen LogP contribution in [0.15, 0.2) is 103 Å². The van der Waals surface area contributed by atoms with E-state index >= 15 is 0 Å². The van der Waals surface area contributed by atoms with E-state index in [9.17, 15) is 0 Å².